The molecular formula is C74H76BN3O. The van der Waals surface area contributed by atoms with Crippen molar-refractivity contribution in [2.45, 2.75) is 132 Å². The molecule has 0 atom stereocenters. The third-order valence-electron chi connectivity index (χ3n) is 17.3. The van der Waals surface area contributed by atoms with Gasteiger partial charge in [-0.3, -0.25) is 0 Å². The molecule has 10 aromatic rings. The number of nitrogens with zero attached hydrogens (tertiary/aromatic N) is 3. The molecule has 0 bridgehead atoms. The number of allylic oxidation sites excluding steroid dienone is 1. The molecule has 79 heavy (non-hydrogen) atoms. The van der Waals surface area contributed by atoms with Crippen molar-refractivity contribution in [3.05, 3.63) is 213 Å². The van der Waals surface area contributed by atoms with E-state index in [1.807, 2.05) is 24.3 Å². The average molecular weight is 1030 g/mol. The molecule has 396 valence electrons. The zero-order valence-electron chi connectivity index (χ0n) is 49.6. The molecule has 4 nitrogen and oxygen atoms in total. The van der Waals surface area contributed by atoms with Crippen LogP contribution in [0.25, 0.3) is 50.6 Å². The lowest BCUT2D eigenvalue weighted by Crippen LogP contribution is -2.61. The Morgan fingerprint density at radius 3 is 1.53 bits per heavy atom. The number of anilines is 6. The molecule has 8 aromatic carbocycles. The molecule has 0 radical (unpaired) electrons. The minimum Gasteiger partial charge on any atom is -0.455 e. The van der Waals surface area contributed by atoms with Crippen molar-refractivity contribution in [3.8, 4) is 5.69 Å². The fourth-order valence-corrected chi connectivity index (χ4v) is 13.1. The third kappa shape index (κ3) is 8.24. The number of benzene rings is 8. The standard InChI is InChI=1S/C74H76BN3O/c1-19-54(70-47(6)55-27-23-24-28-66(55)79-70)48-33-43(2)68(44(3)34-48)78-63-42-61-57(56-37-49(71(7,8)9)30-32-60(56)76(61)53-25-21-20-22-26-53)41-59(63)75-58-31-29-50(72(10,11)12)38-62(58)77(64-39-52(74(16,17)18)40-65(78)67(64)75)69-45(4)35-51(36-46(69)5)73(13,14)15/h19-42H,1,6H2,2-5,7-18H3/b70-54-. The number of furan rings is 1. The fraction of sp³-hybridized carbons (Fsp3) is 0.270. The first-order chi connectivity index (χ1) is 37.2. The van der Waals surface area contributed by atoms with Gasteiger partial charge in [-0.05, 0) is 183 Å². The first kappa shape index (κ1) is 52.0. The Morgan fingerprint density at radius 2 is 0.962 bits per heavy atom. The van der Waals surface area contributed by atoms with E-state index in [2.05, 4.69) is 260 Å². The van der Waals surface area contributed by atoms with Crippen molar-refractivity contribution >= 4 is 102 Å². The minimum atomic E-state index is -0.193. The van der Waals surface area contributed by atoms with Gasteiger partial charge in [-0.15, -0.1) is 0 Å². The van der Waals surface area contributed by atoms with Gasteiger partial charge in [0.2, 0.25) is 0 Å². The number of aryl methyl sites for hydroxylation is 4. The summed E-state index contributed by atoms with van der Waals surface area (Å²) in [6.07, 6.45) is 1.93. The summed E-state index contributed by atoms with van der Waals surface area (Å²) in [5.74, 6) is 0. The van der Waals surface area contributed by atoms with Crippen molar-refractivity contribution in [2.24, 2.45) is 0 Å². The molecule has 0 aliphatic carbocycles. The fourth-order valence-electron chi connectivity index (χ4n) is 13.1. The first-order valence-corrected chi connectivity index (χ1v) is 28.4. The molecule has 5 heteroatoms. The summed E-state index contributed by atoms with van der Waals surface area (Å²) >= 11 is 0. The van der Waals surface area contributed by atoms with Gasteiger partial charge in [-0.1, -0.05) is 175 Å². The van der Waals surface area contributed by atoms with Gasteiger partial charge in [-0.2, -0.15) is 0 Å². The number of aromatic nitrogens is 1. The SMILES string of the molecule is C=C/C(c1cc(C)c(N2c3cc4c(cc3B3c5ccc(C(C)(C)C)cc5N(c5c(C)cc(C(C)(C)C)cc5C)c5cc(C(C)(C)C)cc2c53)c2cc(C(C)(C)C)ccc2n4-c2ccccc2)c(C)c1)=c1/oc2ccccc2c1=C. The Hall–Kier alpha value is -7.76. The maximum absolute atomic E-state index is 6.61. The predicted octanol–water partition coefficient (Wildman–Crippen LogP) is 16.8. The summed E-state index contributed by atoms with van der Waals surface area (Å²) in [5, 5.41) is 4.40. The molecule has 0 fully saturated rings. The lowest BCUT2D eigenvalue weighted by atomic mass is 9.33. The number of hydrogen-bond acceptors (Lipinski definition) is 3. The van der Waals surface area contributed by atoms with E-state index in [4.69, 9.17) is 4.42 Å². The van der Waals surface area contributed by atoms with E-state index >= 15 is 0 Å². The van der Waals surface area contributed by atoms with Gasteiger partial charge in [0.05, 0.1) is 22.4 Å². The van der Waals surface area contributed by atoms with Gasteiger partial charge in [0, 0.05) is 55.4 Å². The Kier molecular flexibility index (Phi) is 11.8. The largest absolute Gasteiger partial charge is 0.455 e. The lowest BCUT2D eigenvalue weighted by molar-refractivity contribution is 0.573. The van der Waals surface area contributed by atoms with Crippen molar-refractivity contribution < 1.29 is 4.42 Å². The van der Waals surface area contributed by atoms with Crippen LogP contribution in [-0.2, 0) is 21.7 Å². The smallest absolute Gasteiger partial charge is 0.252 e. The van der Waals surface area contributed by atoms with E-state index in [-0.39, 0.29) is 28.4 Å². The number of rotatable bonds is 5. The minimum absolute atomic E-state index is 0.00621. The Morgan fingerprint density at radius 1 is 0.468 bits per heavy atom. The van der Waals surface area contributed by atoms with Crippen LogP contribution in [0.5, 0.6) is 0 Å². The van der Waals surface area contributed by atoms with Crippen LogP contribution in [-0.4, -0.2) is 11.3 Å². The molecule has 2 aromatic heterocycles. The lowest BCUT2D eigenvalue weighted by Gasteiger charge is -2.46. The quantitative estimate of drug-likeness (QED) is 0.161. The van der Waals surface area contributed by atoms with Crippen LogP contribution in [0.15, 0.2) is 157 Å². The monoisotopic (exact) mass is 1030 g/mol. The molecule has 12 rings (SSSR count). The van der Waals surface area contributed by atoms with E-state index in [1.54, 1.807) is 0 Å². The van der Waals surface area contributed by atoms with Crippen LogP contribution in [0, 0.1) is 27.7 Å². The van der Waals surface area contributed by atoms with Gasteiger partial charge in [-0.25, -0.2) is 0 Å². The molecule has 0 unspecified atom stereocenters. The van der Waals surface area contributed by atoms with Crippen molar-refractivity contribution in [3.63, 3.8) is 0 Å². The molecule has 0 saturated carbocycles. The molecule has 4 heterocycles. The van der Waals surface area contributed by atoms with Gasteiger partial charge >= 0.3 is 0 Å². The van der Waals surface area contributed by atoms with Crippen LogP contribution < -0.4 is 36.8 Å². The summed E-state index contributed by atoms with van der Waals surface area (Å²) in [5.41, 5.74) is 28.1. The van der Waals surface area contributed by atoms with Gasteiger partial charge in [0.15, 0.2) is 0 Å². The zero-order chi connectivity index (χ0) is 56.2. The average Bonchev–Trinajstić information content (AvgIpc) is 2.39. The van der Waals surface area contributed by atoms with E-state index in [1.165, 1.54) is 106 Å². The van der Waals surface area contributed by atoms with Gasteiger partial charge in [0.25, 0.3) is 6.71 Å². The molecule has 0 spiro atoms. The summed E-state index contributed by atoms with van der Waals surface area (Å²) in [6.45, 7) is 46.2. The molecular weight excluding hydrogens is 958 g/mol. The van der Waals surface area contributed by atoms with Gasteiger partial charge in [0.1, 0.15) is 11.0 Å². The molecule has 2 aliphatic rings. The van der Waals surface area contributed by atoms with Crippen molar-refractivity contribution in [1.29, 1.82) is 0 Å². The van der Waals surface area contributed by atoms with Crippen molar-refractivity contribution in [1.82, 2.24) is 4.57 Å². The number of hydrogen-bond donors (Lipinski definition) is 0. The Balaban J connectivity index is 1.25. The van der Waals surface area contributed by atoms with Crippen LogP contribution in [0.2, 0.25) is 0 Å². The second-order valence-electron chi connectivity index (χ2n) is 27.1. The summed E-state index contributed by atoms with van der Waals surface area (Å²) in [6, 6.07) is 53.5. The highest BCUT2D eigenvalue weighted by Gasteiger charge is 2.46. The second-order valence-corrected chi connectivity index (χ2v) is 27.1. The Labute approximate surface area is 469 Å². The van der Waals surface area contributed by atoms with E-state index in [0.29, 0.717) is 0 Å². The van der Waals surface area contributed by atoms with E-state index in [0.717, 1.165) is 49.6 Å². The third-order valence-corrected chi connectivity index (χ3v) is 17.3. The first-order valence-electron chi connectivity index (χ1n) is 28.4. The number of fused-ring (bicyclic) bond motifs is 8. The molecule has 0 N–H and O–H groups in total. The maximum atomic E-state index is 6.61. The van der Waals surface area contributed by atoms with E-state index < -0.39 is 0 Å². The second kappa shape index (κ2) is 17.9. The topological polar surface area (TPSA) is 24.6 Å². The highest BCUT2D eigenvalue weighted by atomic mass is 16.3. The van der Waals surface area contributed by atoms with Gasteiger partial charge < -0.3 is 18.8 Å². The van der Waals surface area contributed by atoms with Crippen LogP contribution in [0.1, 0.15) is 133 Å². The number of para-hydroxylation sites is 2. The van der Waals surface area contributed by atoms with Crippen LogP contribution in [0.3, 0.4) is 0 Å². The highest BCUT2D eigenvalue weighted by Crippen LogP contribution is 2.51. The normalized spacial score (nSPS) is 14.1. The molecule has 0 saturated heterocycles. The summed E-state index contributed by atoms with van der Waals surface area (Å²) in [7, 11) is 0. The highest BCUT2D eigenvalue weighted by molar-refractivity contribution is 7.00. The molecule has 0 amide bonds. The summed E-state index contributed by atoms with van der Waals surface area (Å²) < 4.78 is 9.11. The van der Waals surface area contributed by atoms with Crippen molar-refractivity contribution in [2.75, 3.05) is 9.80 Å². The zero-order valence-corrected chi connectivity index (χ0v) is 49.6. The summed E-state index contributed by atoms with van der Waals surface area (Å²) in [4.78, 5) is 5.32. The predicted molar refractivity (Wildman–Crippen MR) is 342 cm³/mol. The van der Waals surface area contributed by atoms with E-state index in [9.17, 15) is 0 Å². The maximum Gasteiger partial charge on any atom is 0.252 e. The molecule has 2 aliphatic heterocycles. The Bertz CT molecular complexity index is 4280. The van der Waals surface area contributed by atoms with Crippen LogP contribution in [0.4, 0.5) is 34.1 Å². The van der Waals surface area contributed by atoms with Crippen LogP contribution >= 0.6 is 0 Å².